The van der Waals surface area contributed by atoms with E-state index < -0.39 is 12.0 Å². The normalized spacial score (nSPS) is 12.9. The third kappa shape index (κ3) is 4.61. The quantitative estimate of drug-likeness (QED) is 0.722. The number of carboxylic acid groups (broad SMARTS) is 1. The second-order valence-electron chi connectivity index (χ2n) is 4.59. The molecule has 0 heterocycles. The molecule has 0 spiro atoms. The minimum atomic E-state index is -0.948. The minimum Gasteiger partial charge on any atom is -0.480 e. The summed E-state index contributed by atoms with van der Waals surface area (Å²) in [6.07, 6.45) is 0.347. The fraction of sp³-hybridized carbons (Fsp3) is 0.818. The average molecular weight is 230 g/mol. The number of amides is 1. The maximum atomic E-state index is 11.7. The van der Waals surface area contributed by atoms with E-state index in [0.29, 0.717) is 13.0 Å². The molecule has 16 heavy (non-hydrogen) atoms. The van der Waals surface area contributed by atoms with Gasteiger partial charge in [0.1, 0.15) is 6.04 Å². The first-order chi connectivity index (χ1) is 7.27. The van der Waals surface area contributed by atoms with Crippen molar-refractivity contribution >= 4 is 11.9 Å². The Morgan fingerprint density at radius 2 is 1.69 bits per heavy atom. The van der Waals surface area contributed by atoms with E-state index in [-0.39, 0.29) is 11.8 Å². The number of rotatable bonds is 6. The Morgan fingerprint density at radius 1 is 1.19 bits per heavy atom. The van der Waals surface area contributed by atoms with E-state index >= 15 is 0 Å². The van der Waals surface area contributed by atoms with Crippen LogP contribution < -0.4 is 0 Å². The van der Waals surface area contributed by atoms with Crippen molar-refractivity contribution in [2.24, 2.45) is 5.92 Å². The number of carbonyl (C=O) groups excluding carboxylic acids is 1. The van der Waals surface area contributed by atoms with Crippen molar-refractivity contribution in [3.8, 4) is 0 Å². The fourth-order valence-corrected chi connectivity index (χ4v) is 1.55. The third-order valence-electron chi connectivity index (χ3n) is 2.47. The third-order valence-corrected chi connectivity index (χ3v) is 2.47. The molecule has 1 N–H and O–H groups in total. The molecule has 5 nitrogen and oxygen atoms in total. The van der Waals surface area contributed by atoms with Crippen LogP contribution in [0.25, 0.3) is 0 Å². The Morgan fingerprint density at radius 3 is 2.00 bits per heavy atom. The van der Waals surface area contributed by atoms with Gasteiger partial charge in [0, 0.05) is 20.0 Å². The van der Waals surface area contributed by atoms with Crippen LogP contribution in [0.5, 0.6) is 0 Å². The molecule has 0 rings (SSSR count). The molecular weight excluding hydrogens is 208 g/mol. The number of hydrogen-bond donors (Lipinski definition) is 1. The summed E-state index contributed by atoms with van der Waals surface area (Å²) in [6, 6.07) is -0.741. The lowest BCUT2D eigenvalue weighted by atomic mass is 10.0. The van der Waals surface area contributed by atoms with Gasteiger partial charge in [-0.25, -0.2) is 4.79 Å². The maximum absolute atomic E-state index is 11.7. The summed E-state index contributed by atoms with van der Waals surface area (Å²) in [7, 11) is 5.31. The first-order valence-corrected chi connectivity index (χ1v) is 5.40. The van der Waals surface area contributed by atoms with E-state index in [1.807, 2.05) is 19.0 Å². The first kappa shape index (κ1) is 14.9. The second-order valence-corrected chi connectivity index (χ2v) is 4.59. The first-order valence-electron chi connectivity index (χ1n) is 5.40. The highest BCUT2D eigenvalue weighted by atomic mass is 16.4. The summed E-state index contributed by atoms with van der Waals surface area (Å²) >= 11 is 0. The molecule has 0 fully saturated rings. The van der Waals surface area contributed by atoms with Crippen molar-refractivity contribution in [1.29, 1.82) is 0 Å². The van der Waals surface area contributed by atoms with Crippen molar-refractivity contribution in [2.75, 3.05) is 27.7 Å². The predicted molar refractivity (Wildman–Crippen MR) is 62.2 cm³/mol. The van der Waals surface area contributed by atoms with Crippen LogP contribution in [0.15, 0.2) is 0 Å². The second kappa shape index (κ2) is 6.48. The van der Waals surface area contributed by atoms with Gasteiger partial charge in [-0.1, -0.05) is 13.8 Å². The van der Waals surface area contributed by atoms with Crippen molar-refractivity contribution in [3.63, 3.8) is 0 Å². The Kier molecular flexibility index (Phi) is 6.03. The number of nitrogens with zero attached hydrogens (tertiary/aromatic N) is 2. The number of aliphatic carboxylic acids is 1. The Bertz CT molecular complexity index is 252. The van der Waals surface area contributed by atoms with Crippen LogP contribution in [-0.4, -0.2) is 60.5 Å². The monoisotopic (exact) mass is 230 g/mol. The summed E-state index contributed by atoms with van der Waals surface area (Å²) in [5.74, 6) is -1.17. The molecule has 0 aliphatic rings. The van der Waals surface area contributed by atoms with Crippen LogP contribution in [0.2, 0.25) is 0 Å². The van der Waals surface area contributed by atoms with Gasteiger partial charge in [-0.3, -0.25) is 4.79 Å². The molecule has 0 radical (unpaired) electrons. The molecule has 94 valence electrons. The van der Waals surface area contributed by atoms with Gasteiger partial charge in [0.15, 0.2) is 0 Å². The molecule has 0 aliphatic heterocycles. The smallest absolute Gasteiger partial charge is 0.326 e. The van der Waals surface area contributed by atoms with Gasteiger partial charge in [0.25, 0.3) is 0 Å². The summed E-state index contributed by atoms with van der Waals surface area (Å²) in [4.78, 5) is 26.0. The van der Waals surface area contributed by atoms with Crippen LogP contribution in [0.4, 0.5) is 0 Å². The molecule has 1 atom stereocenters. The van der Waals surface area contributed by atoms with Crippen LogP contribution in [0.1, 0.15) is 20.3 Å². The fourth-order valence-electron chi connectivity index (χ4n) is 1.55. The van der Waals surface area contributed by atoms with Gasteiger partial charge in [-0.15, -0.1) is 0 Å². The van der Waals surface area contributed by atoms with Crippen molar-refractivity contribution in [1.82, 2.24) is 9.80 Å². The van der Waals surface area contributed by atoms with Gasteiger partial charge in [-0.05, 0) is 20.0 Å². The van der Waals surface area contributed by atoms with Crippen LogP contribution in [0, 0.1) is 5.92 Å². The van der Waals surface area contributed by atoms with E-state index in [1.54, 1.807) is 20.9 Å². The van der Waals surface area contributed by atoms with Crippen LogP contribution in [-0.2, 0) is 9.59 Å². The zero-order valence-electron chi connectivity index (χ0n) is 10.7. The molecule has 0 aromatic rings. The van der Waals surface area contributed by atoms with Gasteiger partial charge >= 0.3 is 5.97 Å². The van der Waals surface area contributed by atoms with Crippen LogP contribution >= 0.6 is 0 Å². The Balaban J connectivity index is 4.44. The predicted octanol–water partition coefficient (Wildman–Crippen LogP) is 0.506. The average Bonchev–Trinajstić information content (AvgIpc) is 2.12. The highest BCUT2D eigenvalue weighted by Gasteiger charge is 2.28. The van der Waals surface area contributed by atoms with E-state index in [4.69, 9.17) is 5.11 Å². The zero-order chi connectivity index (χ0) is 12.9. The summed E-state index contributed by atoms with van der Waals surface area (Å²) < 4.78 is 0. The highest BCUT2D eigenvalue weighted by Crippen LogP contribution is 2.10. The van der Waals surface area contributed by atoms with Crippen LogP contribution in [0.3, 0.4) is 0 Å². The molecular formula is C11H22N2O3. The maximum Gasteiger partial charge on any atom is 0.326 e. The molecule has 0 saturated carbocycles. The van der Waals surface area contributed by atoms with Gasteiger partial charge in [-0.2, -0.15) is 0 Å². The minimum absolute atomic E-state index is 0.0918. The van der Waals surface area contributed by atoms with E-state index in [0.717, 1.165) is 0 Å². The van der Waals surface area contributed by atoms with E-state index in [1.165, 1.54) is 4.90 Å². The standard InChI is InChI=1S/C11H22N2O3/c1-8(2)10(11(15)16)13(5)9(14)6-7-12(3)4/h8,10H,6-7H2,1-5H3,(H,15,16). The largest absolute Gasteiger partial charge is 0.480 e. The lowest BCUT2D eigenvalue weighted by molar-refractivity contribution is -0.151. The van der Waals surface area contributed by atoms with Crippen molar-refractivity contribution in [2.45, 2.75) is 26.3 Å². The summed E-state index contributed by atoms with van der Waals surface area (Å²) in [5.41, 5.74) is 0. The molecule has 1 unspecified atom stereocenters. The highest BCUT2D eigenvalue weighted by molar-refractivity contribution is 5.83. The number of hydrogen-bond acceptors (Lipinski definition) is 3. The van der Waals surface area contributed by atoms with Crippen molar-refractivity contribution < 1.29 is 14.7 Å². The molecule has 0 bridgehead atoms. The lowest BCUT2D eigenvalue weighted by Gasteiger charge is -2.28. The van der Waals surface area contributed by atoms with Gasteiger partial charge < -0.3 is 14.9 Å². The molecule has 5 heteroatoms. The number of carbonyl (C=O) groups is 2. The van der Waals surface area contributed by atoms with E-state index in [2.05, 4.69) is 0 Å². The van der Waals surface area contributed by atoms with E-state index in [9.17, 15) is 9.59 Å². The molecule has 0 aliphatic carbocycles. The van der Waals surface area contributed by atoms with Gasteiger partial charge in [0.05, 0.1) is 0 Å². The summed E-state index contributed by atoms with van der Waals surface area (Å²) in [6.45, 7) is 4.23. The van der Waals surface area contributed by atoms with Gasteiger partial charge in [0.2, 0.25) is 5.91 Å². The summed E-state index contributed by atoms with van der Waals surface area (Å²) in [5, 5.41) is 9.04. The molecule has 1 amide bonds. The molecule has 0 aromatic heterocycles. The SMILES string of the molecule is CC(C)C(C(=O)O)N(C)C(=O)CCN(C)C. The topological polar surface area (TPSA) is 60.9 Å². The molecule has 0 aromatic carbocycles. The number of carboxylic acids is 1. The Labute approximate surface area is 97.0 Å². The van der Waals surface area contributed by atoms with Crippen molar-refractivity contribution in [3.05, 3.63) is 0 Å². The molecule has 0 saturated heterocycles. The number of likely N-dealkylation sites (N-methyl/N-ethyl adjacent to an activating group) is 1. The lowest BCUT2D eigenvalue weighted by Crippen LogP contribution is -2.46. The Hall–Kier alpha value is -1.10. The zero-order valence-corrected chi connectivity index (χ0v) is 10.7.